The van der Waals surface area contributed by atoms with Crippen LogP contribution in [0.5, 0.6) is 0 Å². The van der Waals surface area contributed by atoms with Crippen LogP contribution >= 0.6 is 0 Å². The van der Waals surface area contributed by atoms with E-state index in [4.69, 9.17) is 0 Å². The first-order chi connectivity index (χ1) is 9.65. The van der Waals surface area contributed by atoms with Gasteiger partial charge in [-0.2, -0.15) is 0 Å². The van der Waals surface area contributed by atoms with Crippen LogP contribution in [-0.2, 0) is 4.79 Å². The molecule has 0 aromatic heterocycles. The fraction of sp³-hybridized carbons (Fsp3) is 0.562. The van der Waals surface area contributed by atoms with Gasteiger partial charge >= 0.3 is 0 Å². The second-order valence-corrected chi connectivity index (χ2v) is 6.02. The Kier molecular flexibility index (Phi) is 3.74. The molecule has 2 N–H and O–H groups in total. The van der Waals surface area contributed by atoms with Crippen molar-refractivity contribution >= 4 is 5.91 Å². The lowest BCUT2D eigenvalue weighted by Crippen LogP contribution is -2.44. The Morgan fingerprint density at radius 1 is 1.35 bits per heavy atom. The Morgan fingerprint density at radius 2 is 2.10 bits per heavy atom. The van der Waals surface area contributed by atoms with Gasteiger partial charge in [-0.3, -0.25) is 4.79 Å². The molecule has 0 spiro atoms. The Hall–Kier alpha value is -1.42. The summed E-state index contributed by atoms with van der Waals surface area (Å²) in [6, 6.07) is 6.16. The minimum atomic E-state index is -0.251. The number of halogens is 1. The molecule has 108 valence electrons. The van der Waals surface area contributed by atoms with Gasteiger partial charge in [0, 0.05) is 0 Å². The minimum absolute atomic E-state index is 0.0506. The quantitative estimate of drug-likeness (QED) is 0.890. The summed E-state index contributed by atoms with van der Waals surface area (Å²) >= 11 is 0. The summed E-state index contributed by atoms with van der Waals surface area (Å²) in [6.07, 6.45) is 3.64. The van der Waals surface area contributed by atoms with E-state index in [0.29, 0.717) is 11.8 Å². The highest BCUT2D eigenvalue weighted by Crippen LogP contribution is 2.37. The molecule has 4 atom stereocenters. The summed E-state index contributed by atoms with van der Waals surface area (Å²) in [5.74, 6) is 0.997. The lowest BCUT2D eigenvalue weighted by molar-refractivity contribution is -0.124. The number of carbonyl (C=O) groups excluding carboxylic acids is 1. The fourth-order valence-corrected chi connectivity index (χ4v) is 3.61. The molecule has 1 amide bonds. The lowest BCUT2D eigenvalue weighted by Gasteiger charge is -2.21. The van der Waals surface area contributed by atoms with Crippen LogP contribution in [-0.4, -0.2) is 18.5 Å². The maximum atomic E-state index is 12.9. The molecule has 3 nitrogen and oxygen atoms in total. The zero-order chi connectivity index (χ0) is 14.1. The Labute approximate surface area is 118 Å². The first-order valence-corrected chi connectivity index (χ1v) is 7.44. The van der Waals surface area contributed by atoms with Gasteiger partial charge in [0.25, 0.3) is 0 Å². The van der Waals surface area contributed by atoms with Crippen molar-refractivity contribution in [2.45, 2.75) is 38.3 Å². The molecule has 4 unspecified atom stereocenters. The standard InChI is InChI=1S/C16H21FN2O/c1-10(11-5-7-13(17)8-6-11)19-16(20)15-14-4-2-3-12(14)9-18-15/h5-8,10,12,14-15,18H,2-4,9H2,1H3,(H,19,20). The number of carbonyl (C=O) groups is 1. The smallest absolute Gasteiger partial charge is 0.237 e. The van der Waals surface area contributed by atoms with Gasteiger partial charge in [0.2, 0.25) is 5.91 Å². The van der Waals surface area contributed by atoms with Crippen molar-refractivity contribution in [2.75, 3.05) is 6.54 Å². The van der Waals surface area contributed by atoms with Crippen LogP contribution in [0.15, 0.2) is 24.3 Å². The molecule has 20 heavy (non-hydrogen) atoms. The van der Waals surface area contributed by atoms with E-state index in [2.05, 4.69) is 10.6 Å². The summed E-state index contributed by atoms with van der Waals surface area (Å²) < 4.78 is 12.9. The van der Waals surface area contributed by atoms with Gasteiger partial charge < -0.3 is 10.6 Å². The molecular weight excluding hydrogens is 255 g/mol. The fourth-order valence-electron chi connectivity index (χ4n) is 3.61. The second-order valence-electron chi connectivity index (χ2n) is 6.02. The molecule has 1 aliphatic carbocycles. The third-order valence-corrected chi connectivity index (χ3v) is 4.76. The number of hydrogen-bond donors (Lipinski definition) is 2. The molecule has 1 saturated carbocycles. The van der Waals surface area contributed by atoms with Crippen LogP contribution in [0.3, 0.4) is 0 Å². The highest BCUT2D eigenvalue weighted by atomic mass is 19.1. The van der Waals surface area contributed by atoms with Gasteiger partial charge in [-0.05, 0) is 55.8 Å². The maximum Gasteiger partial charge on any atom is 0.237 e. The topological polar surface area (TPSA) is 41.1 Å². The van der Waals surface area contributed by atoms with Gasteiger partial charge in [-0.25, -0.2) is 4.39 Å². The van der Waals surface area contributed by atoms with Gasteiger partial charge in [0.15, 0.2) is 0 Å². The van der Waals surface area contributed by atoms with Crippen molar-refractivity contribution in [3.05, 3.63) is 35.6 Å². The van der Waals surface area contributed by atoms with Gasteiger partial charge in [-0.1, -0.05) is 18.6 Å². The Morgan fingerprint density at radius 3 is 2.85 bits per heavy atom. The highest BCUT2D eigenvalue weighted by Gasteiger charge is 2.42. The summed E-state index contributed by atoms with van der Waals surface area (Å²) in [5, 5.41) is 6.40. The third-order valence-electron chi connectivity index (χ3n) is 4.76. The monoisotopic (exact) mass is 276 g/mol. The molecule has 4 heteroatoms. The molecule has 0 bridgehead atoms. The van der Waals surface area contributed by atoms with Crippen LogP contribution in [0.25, 0.3) is 0 Å². The van der Waals surface area contributed by atoms with E-state index >= 15 is 0 Å². The number of fused-ring (bicyclic) bond motifs is 1. The SMILES string of the molecule is CC(NC(=O)C1NCC2CCCC21)c1ccc(F)cc1. The molecule has 1 aromatic carbocycles. The zero-order valence-electron chi connectivity index (χ0n) is 11.7. The number of benzene rings is 1. The molecule has 1 aliphatic heterocycles. The lowest BCUT2D eigenvalue weighted by atomic mass is 9.93. The van der Waals surface area contributed by atoms with E-state index in [-0.39, 0.29) is 23.8 Å². The number of rotatable bonds is 3. The van der Waals surface area contributed by atoms with Crippen LogP contribution in [0.2, 0.25) is 0 Å². The first-order valence-electron chi connectivity index (χ1n) is 7.44. The zero-order valence-corrected chi connectivity index (χ0v) is 11.7. The molecule has 2 fully saturated rings. The number of nitrogens with one attached hydrogen (secondary N) is 2. The third kappa shape index (κ3) is 2.57. The van der Waals surface area contributed by atoms with Crippen molar-refractivity contribution < 1.29 is 9.18 Å². The molecule has 3 rings (SSSR count). The Bertz CT molecular complexity index is 488. The Balaban J connectivity index is 1.62. The van der Waals surface area contributed by atoms with E-state index in [1.807, 2.05) is 6.92 Å². The van der Waals surface area contributed by atoms with E-state index in [1.165, 1.54) is 25.0 Å². The first kappa shape index (κ1) is 13.6. The van der Waals surface area contributed by atoms with Crippen molar-refractivity contribution in [2.24, 2.45) is 11.8 Å². The predicted molar refractivity (Wildman–Crippen MR) is 75.6 cm³/mol. The van der Waals surface area contributed by atoms with E-state index in [0.717, 1.165) is 18.5 Å². The molecule has 0 radical (unpaired) electrons. The number of hydrogen-bond acceptors (Lipinski definition) is 2. The maximum absolute atomic E-state index is 12.9. The van der Waals surface area contributed by atoms with Crippen LogP contribution < -0.4 is 10.6 Å². The van der Waals surface area contributed by atoms with Crippen LogP contribution in [0, 0.1) is 17.7 Å². The van der Waals surface area contributed by atoms with Gasteiger partial charge in [-0.15, -0.1) is 0 Å². The van der Waals surface area contributed by atoms with E-state index in [1.54, 1.807) is 12.1 Å². The predicted octanol–water partition coefficient (Wildman–Crippen LogP) is 2.39. The van der Waals surface area contributed by atoms with E-state index in [9.17, 15) is 9.18 Å². The minimum Gasteiger partial charge on any atom is -0.348 e. The van der Waals surface area contributed by atoms with Crippen molar-refractivity contribution in [3.63, 3.8) is 0 Å². The summed E-state index contributed by atoms with van der Waals surface area (Å²) in [5.41, 5.74) is 0.931. The van der Waals surface area contributed by atoms with Gasteiger partial charge in [0.1, 0.15) is 5.82 Å². The average Bonchev–Trinajstić information content (AvgIpc) is 3.01. The molecule has 1 aromatic rings. The van der Waals surface area contributed by atoms with Crippen molar-refractivity contribution in [1.29, 1.82) is 0 Å². The van der Waals surface area contributed by atoms with Crippen molar-refractivity contribution in [3.8, 4) is 0 Å². The van der Waals surface area contributed by atoms with Gasteiger partial charge in [0.05, 0.1) is 12.1 Å². The van der Waals surface area contributed by atoms with E-state index < -0.39 is 0 Å². The van der Waals surface area contributed by atoms with Crippen molar-refractivity contribution in [1.82, 2.24) is 10.6 Å². The average molecular weight is 276 g/mol. The second kappa shape index (κ2) is 5.52. The summed E-state index contributed by atoms with van der Waals surface area (Å²) in [4.78, 5) is 12.4. The normalized spacial score (nSPS) is 30.0. The molecule has 2 aliphatic rings. The molecular formula is C16H21FN2O. The summed E-state index contributed by atoms with van der Waals surface area (Å²) in [6.45, 7) is 2.90. The summed E-state index contributed by atoms with van der Waals surface area (Å²) in [7, 11) is 0. The number of amides is 1. The largest absolute Gasteiger partial charge is 0.348 e. The van der Waals surface area contributed by atoms with Crippen LogP contribution in [0.4, 0.5) is 4.39 Å². The van der Waals surface area contributed by atoms with Crippen LogP contribution in [0.1, 0.15) is 37.8 Å². The highest BCUT2D eigenvalue weighted by molar-refractivity contribution is 5.83. The molecule has 1 heterocycles. The molecule has 1 saturated heterocycles.